The minimum absolute atomic E-state index is 0.135. The van der Waals surface area contributed by atoms with Crippen LogP contribution in [0.2, 0.25) is 0 Å². The highest BCUT2D eigenvalue weighted by molar-refractivity contribution is 6.09. The number of aryl methyl sites for hydroxylation is 1. The van der Waals surface area contributed by atoms with Crippen molar-refractivity contribution < 1.29 is 9.59 Å². The predicted molar refractivity (Wildman–Crippen MR) is 73.4 cm³/mol. The van der Waals surface area contributed by atoms with Crippen LogP contribution in [0.25, 0.3) is 0 Å². The fourth-order valence-electron chi connectivity index (χ4n) is 1.65. The third kappa shape index (κ3) is 4.55. The van der Waals surface area contributed by atoms with Gasteiger partial charge in [-0.25, -0.2) is 0 Å². The summed E-state index contributed by atoms with van der Waals surface area (Å²) >= 11 is 0. The zero-order valence-electron chi connectivity index (χ0n) is 11.4. The molecule has 4 heteroatoms. The van der Waals surface area contributed by atoms with Gasteiger partial charge in [0.25, 0.3) is 0 Å². The summed E-state index contributed by atoms with van der Waals surface area (Å²) in [5, 5.41) is 11.6. The summed E-state index contributed by atoms with van der Waals surface area (Å²) in [5.74, 6) is -1.99. The van der Waals surface area contributed by atoms with Gasteiger partial charge in [0.15, 0.2) is 11.7 Å². The monoisotopic (exact) mass is 258 g/mol. The molecule has 1 rings (SSSR count). The van der Waals surface area contributed by atoms with Crippen LogP contribution >= 0.6 is 0 Å². The lowest BCUT2D eigenvalue weighted by Gasteiger charge is -2.11. The molecule has 19 heavy (non-hydrogen) atoms. The second-order valence-corrected chi connectivity index (χ2v) is 4.98. The topological polar surface area (TPSA) is 70.0 Å². The molecule has 100 valence electrons. The lowest BCUT2D eigenvalue weighted by Crippen LogP contribution is -2.29. The number of ketones is 1. The number of rotatable bonds is 5. The molecule has 0 radical (unpaired) electrons. The lowest BCUT2D eigenvalue weighted by atomic mass is 9.96. The maximum absolute atomic E-state index is 11.9. The number of carbonyl (C=O) groups is 2. The van der Waals surface area contributed by atoms with Gasteiger partial charge in [-0.15, -0.1) is 0 Å². The van der Waals surface area contributed by atoms with Gasteiger partial charge in [0.05, 0.1) is 6.07 Å². The lowest BCUT2D eigenvalue weighted by molar-refractivity contribution is -0.129. The molecule has 1 atom stereocenters. The number of Topliss-reactive ketones (excluding diaryl/α,β-unsaturated/α-hetero) is 1. The highest BCUT2D eigenvalue weighted by atomic mass is 16.2. The van der Waals surface area contributed by atoms with Crippen LogP contribution in [0.1, 0.15) is 25.8 Å². The van der Waals surface area contributed by atoms with Gasteiger partial charge in [0.2, 0.25) is 5.91 Å². The summed E-state index contributed by atoms with van der Waals surface area (Å²) in [6, 6.07) is 8.97. The quantitative estimate of drug-likeness (QED) is 0.825. The number of nitrogens with one attached hydrogen (secondary N) is 1. The molecule has 0 aromatic heterocycles. The first kappa shape index (κ1) is 14.9. The molecule has 0 fully saturated rings. The second-order valence-electron chi connectivity index (χ2n) is 4.98. The maximum Gasteiger partial charge on any atom is 0.249 e. The fraction of sp³-hybridized carbons (Fsp3) is 0.400. The fourth-order valence-corrected chi connectivity index (χ4v) is 1.65. The second kappa shape index (κ2) is 6.69. The van der Waals surface area contributed by atoms with Crippen molar-refractivity contribution in [3.05, 3.63) is 29.8 Å². The Morgan fingerprint density at radius 3 is 2.32 bits per heavy atom. The number of hydrogen-bond acceptors (Lipinski definition) is 3. The Labute approximate surface area is 113 Å². The predicted octanol–water partition coefficient (Wildman–Crippen LogP) is 2.69. The van der Waals surface area contributed by atoms with Crippen molar-refractivity contribution >= 4 is 17.4 Å². The van der Waals surface area contributed by atoms with Crippen LogP contribution in [0.4, 0.5) is 5.69 Å². The van der Waals surface area contributed by atoms with E-state index in [1.54, 1.807) is 18.2 Å². The minimum atomic E-state index is -1.23. The largest absolute Gasteiger partial charge is 0.325 e. The number of anilines is 1. The average molecular weight is 258 g/mol. The first-order valence-corrected chi connectivity index (χ1v) is 6.24. The van der Waals surface area contributed by atoms with Crippen LogP contribution in [-0.2, 0) is 9.59 Å². The normalized spacial score (nSPS) is 11.7. The van der Waals surface area contributed by atoms with Crippen molar-refractivity contribution in [2.24, 2.45) is 11.8 Å². The first-order chi connectivity index (χ1) is 8.93. The van der Waals surface area contributed by atoms with Crippen molar-refractivity contribution in [2.45, 2.75) is 27.2 Å². The van der Waals surface area contributed by atoms with E-state index in [1.807, 2.05) is 32.9 Å². The van der Waals surface area contributed by atoms with Crippen LogP contribution in [0.15, 0.2) is 24.3 Å². The molecule has 0 aliphatic rings. The van der Waals surface area contributed by atoms with E-state index in [2.05, 4.69) is 5.32 Å². The van der Waals surface area contributed by atoms with Crippen molar-refractivity contribution in [1.29, 1.82) is 5.26 Å². The molecule has 0 saturated carbocycles. The Balaban J connectivity index is 2.72. The maximum atomic E-state index is 11.9. The number of amides is 1. The zero-order chi connectivity index (χ0) is 14.4. The molecule has 0 bridgehead atoms. The molecule has 0 aliphatic heterocycles. The SMILES string of the molecule is Cc1ccc(NC(=O)[C@H](C#N)C(=O)CC(C)C)cc1. The van der Waals surface area contributed by atoms with Crippen LogP contribution in [0.5, 0.6) is 0 Å². The summed E-state index contributed by atoms with van der Waals surface area (Å²) in [6.45, 7) is 5.70. The third-order valence-corrected chi connectivity index (χ3v) is 2.64. The highest BCUT2D eigenvalue weighted by Gasteiger charge is 2.26. The Morgan fingerprint density at radius 1 is 1.26 bits per heavy atom. The standard InChI is InChI=1S/C15H18N2O2/c1-10(2)8-14(18)13(9-16)15(19)17-12-6-4-11(3)5-7-12/h4-7,10,13H,8H2,1-3H3,(H,17,19)/t13-/m1/s1. The van der Waals surface area contributed by atoms with Gasteiger partial charge in [0, 0.05) is 12.1 Å². The molecule has 1 amide bonds. The smallest absolute Gasteiger partial charge is 0.249 e. The van der Waals surface area contributed by atoms with Crippen LogP contribution in [0, 0.1) is 30.1 Å². The van der Waals surface area contributed by atoms with Gasteiger partial charge in [0.1, 0.15) is 0 Å². The van der Waals surface area contributed by atoms with Crippen LogP contribution in [0.3, 0.4) is 0 Å². The Morgan fingerprint density at radius 2 is 1.84 bits per heavy atom. The molecular weight excluding hydrogens is 240 g/mol. The summed E-state index contributed by atoms with van der Waals surface area (Å²) in [4.78, 5) is 23.7. The Hall–Kier alpha value is -2.15. The molecule has 0 aliphatic carbocycles. The minimum Gasteiger partial charge on any atom is -0.325 e. The molecule has 1 aromatic rings. The summed E-state index contributed by atoms with van der Waals surface area (Å²) in [7, 11) is 0. The molecule has 0 heterocycles. The molecule has 0 unspecified atom stereocenters. The van der Waals surface area contributed by atoms with Gasteiger partial charge in [-0.05, 0) is 25.0 Å². The number of carbonyl (C=O) groups excluding carboxylic acids is 2. The molecule has 0 spiro atoms. The first-order valence-electron chi connectivity index (χ1n) is 6.24. The van der Waals surface area contributed by atoms with E-state index in [0.29, 0.717) is 5.69 Å². The van der Waals surface area contributed by atoms with Crippen molar-refractivity contribution in [3.8, 4) is 6.07 Å². The van der Waals surface area contributed by atoms with E-state index in [-0.39, 0.29) is 18.1 Å². The van der Waals surface area contributed by atoms with Gasteiger partial charge < -0.3 is 5.32 Å². The van der Waals surface area contributed by atoms with E-state index in [0.717, 1.165) is 5.56 Å². The van der Waals surface area contributed by atoms with Crippen molar-refractivity contribution in [3.63, 3.8) is 0 Å². The number of nitriles is 1. The Kier molecular flexibility index (Phi) is 5.25. The van der Waals surface area contributed by atoms with Gasteiger partial charge in [-0.3, -0.25) is 9.59 Å². The van der Waals surface area contributed by atoms with Gasteiger partial charge in [-0.2, -0.15) is 5.26 Å². The van der Waals surface area contributed by atoms with E-state index in [1.165, 1.54) is 0 Å². The Bertz CT molecular complexity index is 498. The van der Waals surface area contributed by atoms with Gasteiger partial charge >= 0.3 is 0 Å². The molecule has 1 N–H and O–H groups in total. The van der Waals surface area contributed by atoms with E-state index >= 15 is 0 Å². The van der Waals surface area contributed by atoms with E-state index in [4.69, 9.17) is 5.26 Å². The summed E-state index contributed by atoms with van der Waals surface area (Å²) in [5.41, 5.74) is 1.67. The highest BCUT2D eigenvalue weighted by Crippen LogP contribution is 2.13. The third-order valence-electron chi connectivity index (χ3n) is 2.64. The molecule has 4 nitrogen and oxygen atoms in total. The molecule has 1 aromatic carbocycles. The van der Waals surface area contributed by atoms with E-state index in [9.17, 15) is 9.59 Å². The summed E-state index contributed by atoms with van der Waals surface area (Å²) < 4.78 is 0. The van der Waals surface area contributed by atoms with Crippen LogP contribution in [-0.4, -0.2) is 11.7 Å². The molecule has 0 saturated heterocycles. The number of hydrogen-bond donors (Lipinski definition) is 1. The number of nitrogens with zero attached hydrogens (tertiary/aromatic N) is 1. The zero-order valence-corrected chi connectivity index (χ0v) is 11.4. The van der Waals surface area contributed by atoms with Crippen LogP contribution < -0.4 is 5.32 Å². The van der Waals surface area contributed by atoms with E-state index < -0.39 is 11.8 Å². The van der Waals surface area contributed by atoms with Gasteiger partial charge in [-0.1, -0.05) is 31.5 Å². The average Bonchev–Trinajstić information content (AvgIpc) is 2.32. The van der Waals surface area contributed by atoms with Crippen molar-refractivity contribution in [1.82, 2.24) is 0 Å². The molecular formula is C15H18N2O2. The van der Waals surface area contributed by atoms with Crippen molar-refractivity contribution in [2.75, 3.05) is 5.32 Å². The summed E-state index contributed by atoms with van der Waals surface area (Å²) in [6.07, 6.45) is 0.236. The number of benzene rings is 1.